The van der Waals surface area contributed by atoms with Crippen LogP contribution in [-0.2, 0) is 0 Å². The van der Waals surface area contributed by atoms with Crippen molar-refractivity contribution in [2.24, 2.45) is 0 Å². The number of para-hydroxylation sites is 3. The van der Waals surface area contributed by atoms with E-state index in [-0.39, 0.29) is 0 Å². The largest absolute Gasteiger partial charge is 0.309 e. The Labute approximate surface area is 242 Å². The maximum Gasteiger partial charge on any atom is 0.0970 e. The Morgan fingerprint density at radius 1 is 0.405 bits per heavy atom. The van der Waals surface area contributed by atoms with Gasteiger partial charge in [0, 0.05) is 33.1 Å². The van der Waals surface area contributed by atoms with Gasteiger partial charge in [0.1, 0.15) is 0 Å². The highest BCUT2D eigenvalue weighted by molar-refractivity contribution is 6.16. The molecular formula is C39H25N3. The van der Waals surface area contributed by atoms with Crippen molar-refractivity contribution in [1.82, 2.24) is 14.1 Å². The number of benzene rings is 6. The summed E-state index contributed by atoms with van der Waals surface area (Å²) in [6.45, 7) is 0. The van der Waals surface area contributed by atoms with Crippen LogP contribution in [0.15, 0.2) is 152 Å². The number of nitrogens with zero attached hydrogens (tertiary/aromatic N) is 3. The average molecular weight is 536 g/mol. The minimum atomic E-state index is 0.977. The normalized spacial score (nSPS) is 11.8. The van der Waals surface area contributed by atoms with Gasteiger partial charge in [-0.3, -0.25) is 0 Å². The molecule has 0 radical (unpaired) electrons. The maximum absolute atomic E-state index is 5.37. The molecule has 9 rings (SSSR count). The molecule has 0 N–H and O–H groups in total. The van der Waals surface area contributed by atoms with Gasteiger partial charge in [-0.1, -0.05) is 97.1 Å². The Morgan fingerprint density at radius 2 is 1.07 bits per heavy atom. The van der Waals surface area contributed by atoms with Crippen molar-refractivity contribution in [2.75, 3.05) is 0 Å². The van der Waals surface area contributed by atoms with E-state index in [2.05, 4.69) is 161 Å². The molecule has 3 aromatic heterocycles. The van der Waals surface area contributed by atoms with Crippen molar-refractivity contribution < 1.29 is 0 Å². The third-order valence-electron chi connectivity index (χ3n) is 8.49. The Hall–Kier alpha value is -5.67. The van der Waals surface area contributed by atoms with Crippen LogP contribution in [0.1, 0.15) is 0 Å². The third kappa shape index (κ3) is 3.31. The molecule has 196 valence electrons. The zero-order valence-corrected chi connectivity index (χ0v) is 22.8. The molecule has 0 aliphatic rings. The second-order valence-electron chi connectivity index (χ2n) is 10.8. The van der Waals surface area contributed by atoms with E-state index in [4.69, 9.17) is 4.98 Å². The maximum atomic E-state index is 5.37. The number of aromatic nitrogens is 3. The molecule has 9 aromatic rings. The fourth-order valence-electron chi connectivity index (χ4n) is 6.66. The summed E-state index contributed by atoms with van der Waals surface area (Å²) in [7, 11) is 0. The Bertz CT molecular complexity index is 2460. The van der Waals surface area contributed by atoms with E-state index >= 15 is 0 Å². The second-order valence-corrected chi connectivity index (χ2v) is 10.8. The number of rotatable bonds is 3. The highest BCUT2D eigenvalue weighted by Gasteiger charge is 2.19. The van der Waals surface area contributed by atoms with Crippen molar-refractivity contribution in [3.63, 3.8) is 0 Å². The topological polar surface area (TPSA) is 22.8 Å². The summed E-state index contributed by atoms with van der Waals surface area (Å²) in [5.41, 5.74) is 10.1. The van der Waals surface area contributed by atoms with Gasteiger partial charge in [0.05, 0.1) is 33.3 Å². The van der Waals surface area contributed by atoms with Gasteiger partial charge in [-0.25, -0.2) is 4.98 Å². The molecular weight excluding hydrogens is 510 g/mol. The van der Waals surface area contributed by atoms with Crippen LogP contribution in [0.25, 0.3) is 77.1 Å². The molecule has 42 heavy (non-hydrogen) atoms. The van der Waals surface area contributed by atoms with Gasteiger partial charge in [0.25, 0.3) is 0 Å². The van der Waals surface area contributed by atoms with Gasteiger partial charge in [-0.2, -0.15) is 0 Å². The van der Waals surface area contributed by atoms with Gasteiger partial charge in [0.15, 0.2) is 0 Å². The zero-order valence-electron chi connectivity index (χ0n) is 22.8. The van der Waals surface area contributed by atoms with E-state index in [9.17, 15) is 0 Å². The minimum Gasteiger partial charge on any atom is -0.309 e. The molecule has 3 nitrogen and oxygen atoms in total. The fraction of sp³-hybridized carbons (Fsp3) is 0. The van der Waals surface area contributed by atoms with Gasteiger partial charge in [0.2, 0.25) is 0 Å². The number of fused-ring (bicyclic) bond motifs is 7. The first-order valence-electron chi connectivity index (χ1n) is 14.3. The Kier molecular flexibility index (Phi) is 4.90. The first-order valence-corrected chi connectivity index (χ1v) is 14.3. The lowest BCUT2D eigenvalue weighted by atomic mass is 10.0. The van der Waals surface area contributed by atoms with Crippen LogP contribution in [0, 0.1) is 0 Å². The predicted molar refractivity (Wildman–Crippen MR) is 176 cm³/mol. The van der Waals surface area contributed by atoms with Crippen LogP contribution in [0.5, 0.6) is 0 Å². The number of hydrogen-bond acceptors (Lipinski definition) is 1. The highest BCUT2D eigenvalue weighted by atomic mass is 15.0. The van der Waals surface area contributed by atoms with Crippen LogP contribution in [0.3, 0.4) is 0 Å². The minimum absolute atomic E-state index is 0.977. The average Bonchev–Trinajstić information content (AvgIpc) is 3.58. The van der Waals surface area contributed by atoms with E-state index in [1.807, 2.05) is 0 Å². The van der Waals surface area contributed by atoms with Crippen LogP contribution in [-0.4, -0.2) is 14.1 Å². The van der Waals surface area contributed by atoms with E-state index in [0.29, 0.717) is 0 Å². The summed E-state index contributed by atoms with van der Waals surface area (Å²) in [4.78, 5) is 5.37. The quantitative estimate of drug-likeness (QED) is 0.221. The molecule has 0 aliphatic carbocycles. The van der Waals surface area contributed by atoms with Crippen molar-refractivity contribution in [3.05, 3.63) is 152 Å². The van der Waals surface area contributed by atoms with E-state index in [0.717, 1.165) is 44.6 Å². The van der Waals surface area contributed by atoms with Crippen LogP contribution in [0.4, 0.5) is 0 Å². The first kappa shape index (κ1) is 23.1. The molecule has 0 unspecified atom stereocenters. The summed E-state index contributed by atoms with van der Waals surface area (Å²) >= 11 is 0. The van der Waals surface area contributed by atoms with Crippen molar-refractivity contribution in [3.8, 4) is 22.6 Å². The smallest absolute Gasteiger partial charge is 0.0970 e. The van der Waals surface area contributed by atoms with Gasteiger partial charge in [-0.05, 0) is 65.4 Å². The van der Waals surface area contributed by atoms with Crippen molar-refractivity contribution in [2.45, 2.75) is 0 Å². The molecule has 0 saturated heterocycles. The SMILES string of the molecule is c1ccc(-n2c3ccccc3c3nc(-c4cccc5c4c4ccccc4n5-c4ccc5ccccc5c4)ccc32)cc1. The summed E-state index contributed by atoms with van der Waals surface area (Å²) in [6.07, 6.45) is 0. The van der Waals surface area contributed by atoms with Crippen LogP contribution < -0.4 is 0 Å². The molecule has 6 aromatic carbocycles. The highest BCUT2D eigenvalue weighted by Crippen LogP contribution is 2.40. The number of hydrogen-bond donors (Lipinski definition) is 0. The molecule has 0 spiro atoms. The lowest BCUT2D eigenvalue weighted by Crippen LogP contribution is -1.94. The Balaban J connectivity index is 1.32. The molecule has 0 aliphatic heterocycles. The molecule has 0 saturated carbocycles. The van der Waals surface area contributed by atoms with Crippen molar-refractivity contribution >= 4 is 54.5 Å². The van der Waals surface area contributed by atoms with Crippen LogP contribution >= 0.6 is 0 Å². The lowest BCUT2D eigenvalue weighted by molar-refractivity contribution is 1.18. The lowest BCUT2D eigenvalue weighted by Gasteiger charge is -2.10. The van der Waals surface area contributed by atoms with Gasteiger partial charge in [-0.15, -0.1) is 0 Å². The van der Waals surface area contributed by atoms with Crippen molar-refractivity contribution in [1.29, 1.82) is 0 Å². The molecule has 0 bridgehead atoms. The summed E-state index contributed by atoms with van der Waals surface area (Å²) in [5.74, 6) is 0. The van der Waals surface area contributed by atoms with Gasteiger partial charge < -0.3 is 9.13 Å². The third-order valence-corrected chi connectivity index (χ3v) is 8.49. The van der Waals surface area contributed by atoms with E-state index in [1.54, 1.807) is 0 Å². The van der Waals surface area contributed by atoms with E-state index < -0.39 is 0 Å². The molecule has 3 heterocycles. The molecule has 3 heteroatoms. The van der Waals surface area contributed by atoms with E-state index in [1.165, 1.54) is 32.6 Å². The number of pyridine rings is 1. The fourth-order valence-corrected chi connectivity index (χ4v) is 6.66. The second kappa shape index (κ2) is 8.92. The summed E-state index contributed by atoms with van der Waals surface area (Å²) in [6, 6.07) is 54.1. The molecule has 0 atom stereocenters. The first-order chi connectivity index (χ1) is 20.8. The summed E-state index contributed by atoms with van der Waals surface area (Å²) in [5, 5.41) is 6.09. The monoisotopic (exact) mass is 535 g/mol. The molecule has 0 fully saturated rings. The zero-order chi connectivity index (χ0) is 27.6. The Morgan fingerprint density at radius 3 is 1.93 bits per heavy atom. The summed E-state index contributed by atoms with van der Waals surface area (Å²) < 4.78 is 4.70. The standard InChI is InChI=1S/C39H25N3/c1-2-13-28(14-3-1)41-35-19-9-7-16-32(35)39-37(41)24-23-33(40-39)30-17-10-20-36-38(30)31-15-6-8-18-34(31)42(36)29-22-21-26-11-4-5-12-27(26)25-29/h1-25H. The predicted octanol–water partition coefficient (Wildman–Crippen LogP) is 10.1. The van der Waals surface area contributed by atoms with Gasteiger partial charge >= 0.3 is 0 Å². The van der Waals surface area contributed by atoms with Crippen LogP contribution in [0.2, 0.25) is 0 Å². The molecule has 0 amide bonds.